The zero-order valence-corrected chi connectivity index (χ0v) is 19.6. The number of likely N-dealkylation sites (N-methyl/N-ethyl adjacent to an activating group) is 1. The summed E-state index contributed by atoms with van der Waals surface area (Å²) in [6.07, 6.45) is 3.42. The van der Waals surface area contributed by atoms with Gasteiger partial charge in [-0.25, -0.2) is 0 Å². The van der Waals surface area contributed by atoms with Crippen LogP contribution in [0.5, 0.6) is 0 Å². The number of Topliss-reactive ketones (excluding diaryl/α,β-unsaturated/α-hetero) is 1. The van der Waals surface area contributed by atoms with Gasteiger partial charge in [0.1, 0.15) is 0 Å². The predicted octanol–water partition coefficient (Wildman–Crippen LogP) is 1.99. The maximum absolute atomic E-state index is 13.3. The van der Waals surface area contributed by atoms with Gasteiger partial charge in [-0.3, -0.25) is 14.4 Å². The second-order valence-electron chi connectivity index (χ2n) is 8.40. The van der Waals surface area contributed by atoms with E-state index in [4.69, 9.17) is 10.5 Å². The SMILES string of the molecule is CN(C)CC(=O)NCC(=O)N1C/C(=C\c2ccc(C#N)cc2)C(=O)/C(=C/c2ccc(C#N)cc2)C1. The molecule has 0 radical (unpaired) electrons. The molecule has 1 fully saturated rings. The molecule has 1 aliphatic rings. The molecular weight excluding hydrogens is 442 g/mol. The number of nitrogens with zero attached hydrogens (tertiary/aromatic N) is 4. The van der Waals surface area contributed by atoms with Crippen molar-refractivity contribution >= 4 is 29.7 Å². The third-order valence-electron chi connectivity index (χ3n) is 5.32. The standard InChI is InChI=1S/C27H25N5O3/c1-31(2)18-25(33)30-15-26(34)32-16-23(11-19-3-7-21(13-28)8-4-19)27(35)24(17-32)12-20-5-9-22(14-29)10-6-20/h3-12H,15-18H2,1-2H3,(H,30,33)/b23-11+,24-12+. The van der Waals surface area contributed by atoms with E-state index in [1.807, 2.05) is 0 Å². The lowest BCUT2D eigenvalue weighted by molar-refractivity contribution is -0.133. The zero-order valence-electron chi connectivity index (χ0n) is 19.6. The Morgan fingerprint density at radius 3 is 1.77 bits per heavy atom. The normalized spacial score (nSPS) is 15.7. The number of nitrogens with one attached hydrogen (secondary N) is 1. The largest absolute Gasteiger partial charge is 0.346 e. The summed E-state index contributed by atoms with van der Waals surface area (Å²) in [5.74, 6) is -0.751. The summed E-state index contributed by atoms with van der Waals surface area (Å²) >= 11 is 0. The van der Waals surface area contributed by atoms with E-state index in [9.17, 15) is 14.4 Å². The smallest absolute Gasteiger partial charge is 0.242 e. The molecule has 1 aliphatic heterocycles. The van der Waals surface area contributed by atoms with Crippen LogP contribution < -0.4 is 5.32 Å². The number of ketones is 1. The van der Waals surface area contributed by atoms with Crippen molar-refractivity contribution in [3.8, 4) is 12.1 Å². The maximum Gasteiger partial charge on any atom is 0.242 e. The summed E-state index contributed by atoms with van der Waals surface area (Å²) in [5.41, 5.74) is 3.34. The van der Waals surface area contributed by atoms with E-state index >= 15 is 0 Å². The molecule has 176 valence electrons. The Labute approximate surface area is 204 Å². The molecule has 0 bridgehead atoms. The molecule has 0 aliphatic carbocycles. The van der Waals surface area contributed by atoms with E-state index in [1.165, 1.54) is 4.90 Å². The van der Waals surface area contributed by atoms with E-state index in [0.717, 1.165) is 11.1 Å². The summed E-state index contributed by atoms with van der Waals surface area (Å²) in [7, 11) is 3.52. The summed E-state index contributed by atoms with van der Waals surface area (Å²) in [4.78, 5) is 41.4. The van der Waals surface area contributed by atoms with Gasteiger partial charge in [-0.2, -0.15) is 10.5 Å². The van der Waals surface area contributed by atoms with E-state index in [2.05, 4.69) is 17.5 Å². The van der Waals surface area contributed by atoms with Crippen molar-refractivity contribution in [3.05, 3.63) is 81.9 Å². The van der Waals surface area contributed by atoms with E-state index in [1.54, 1.807) is 79.7 Å². The summed E-state index contributed by atoms with van der Waals surface area (Å²) < 4.78 is 0. The Morgan fingerprint density at radius 1 is 0.914 bits per heavy atom. The number of benzene rings is 2. The fourth-order valence-electron chi connectivity index (χ4n) is 3.55. The van der Waals surface area contributed by atoms with Crippen LogP contribution >= 0.6 is 0 Å². The van der Waals surface area contributed by atoms with Crippen molar-refractivity contribution in [2.45, 2.75) is 0 Å². The van der Waals surface area contributed by atoms with Crippen molar-refractivity contribution in [1.82, 2.24) is 15.1 Å². The van der Waals surface area contributed by atoms with Crippen molar-refractivity contribution in [2.24, 2.45) is 0 Å². The maximum atomic E-state index is 13.3. The first-order valence-electron chi connectivity index (χ1n) is 10.9. The fourth-order valence-corrected chi connectivity index (χ4v) is 3.55. The van der Waals surface area contributed by atoms with Crippen LogP contribution in [0.3, 0.4) is 0 Å². The van der Waals surface area contributed by atoms with Gasteiger partial charge in [-0.05, 0) is 61.6 Å². The number of nitriles is 2. The van der Waals surface area contributed by atoms with Crippen LogP contribution in [0, 0.1) is 22.7 Å². The van der Waals surface area contributed by atoms with E-state index in [0.29, 0.717) is 22.3 Å². The molecule has 0 spiro atoms. The van der Waals surface area contributed by atoms with Crippen molar-refractivity contribution in [1.29, 1.82) is 10.5 Å². The van der Waals surface area contributed by atoms with Gasteiger partial charge < -0.3 is 15.1 Å². The average molecular weight is 468 g/mol. The van der Waals surface area contributed by atoms with Gasteiger partial charge in [0.2, 0.25) is 11.8 Å². The molecule has 2 aromatic carbocycles. The molecule has 3 rings (SSSR count). The number of carbonyl (C=O) groups excluding carboxylic acids is 3. The summed E-state index contributed by atoms with van der Waals surface area (Å²) in [6, 6.07) is 17.7. The minimum Gasteiger partial charge on any atom is -0.346 e. The lowest BCUT2D eigenvalue weighted by Crippen LogP contribution is -2.47. The number of likely N-dealkylation sites (tertiary alicyclic amines) is 1. The van der Waals surface area contributed by atoms with Gasteiger partial charge in [0.05, 0.1) is 36.4 Å². The first-order chi connectivity index (χ1) is 16.8. The van der Waals surface area contributed by atoms with Crippen molar-refractivity contribution in [3.63, 3.8) is 0 Å². The van der Waals surface area contributed by atoms with Gasteiger partial charge in [0.15, 0.2) is 5.78 Å². The summed E-state index contributed by atoms with van der Waals surface area (Å²) in [6.45, 7) is 0.201. The second kappa shape index (κ2) is 11.6. The molecule has 0 aromatic heterocycles. The molecule has 35 heavy (non-hydrogen) atoms. The number of hydrogen-bond donors (Lipinski definition) is 1. The fraction of sp³-hybridized carbons (Fsp3) is 0.222. The minimum atomic E-state index is -0.305. The Hall–Kier alpha value is -4.53. The highest BCUT2D eigenvalue weighted by molar-refractivity contribution is 6.15. The Kier molecular flexibility index (Phi) is 8.29. The minimum absolute atomic E-state index is 0.103. The average Bonchev–Trinajstić information content (AvgIpc) is 2.85. The molecule has 2 aromatic rings. The molecule has 0 saturated carbocycles. The third-order valence-corrected chi connectivity index (χ3v) is 5.32. The Balaban J connectivity index is 1.88. The number of amides is 2. The Morgan fingerprint density at radius 2 is 1.37 bits per heavy atom. The lowest BCUT2D eigenvalue weighted by atomic mass is 9.94. The predicted molar refractivity (Wildman–Crippen MR) is 131 cm³/mol. The molecule has 1 N–H and O–H groups in total. The third kappa shape index (κ3) is 6.97. The van der Waals surface area contributed by atoms with Crippen molar-refractivity contribution in [2.75, 3.05) is 40.3 Å². The molecule has 8 nitrogen and oxygen atoms in total. The van der Waals surface area contributed by atoms with E-state index < -0.39 is 0 Å². The molecule has 0 atom stereocenters. The quantitative estimate of drug-likeness (QED) is 0.650. The number of piperidine rings is 1. The highest BCUT2D eigenvalue weighted by atomic mass is 16.2. The number of carbonyl (C=O) groups is 3. The molecule has 8 heteroatoms. The van der Waals surface area contributed by atoms with Crippen molar-refractivity contribution < 1.29 is 14.4 Å². The van der Waals surface area contributed by atoms with Crippen LogP contribution in [0.25, 0.3) is 12.2 Å². The van der Waals surface area contributed by atoms with Crippen LogP contribution in [0.1, 0.15) is 22.3 Å². The van der Waals surface area contributed by atoms with Crippen LogP contribution in [-0.4, -0.2) is 67.7 Å². The van der Waals surface area contributed by atoms with Crippen LogP contribution in [0.4, 0.5) is 0 Å². The monoisotopic (exact) mass is 467 g/mol. The second-order valence-corrected chi connectivity index (χ2v) is 8.40. The van der Waals surface area contributed by atoms with Crippen LogP contribution in [0.2, 0.25) is 0 Å². The molecule has 2 amide bonds. The van der Waals surface area contributed by atoms with Crippen LogP contribution in [-0.2, 0) is 14.4 Å². The van der Waals surface area contributed by atoms with Gasteiger partial charge in [-0.15, -0.1) is 0 Å². The van der Waals surface area contributed by atoms with Gasteiger partial charge in [0.25, 0.3) is 0 Å². The topological polar surface area (TPSA) is 117 Å². The zero-order chi connectivity index (χ0) is 25.4. The van der Waals surface area contributed by atoms with Gasteiger partial charge in [-0.1, -0.05) is 24.3 Å². The first kappa shape index (κ1) is 25.1. The van der Waals surface area contributed by atoms with E-state index in [-0.39, 0.29) is 43.8 Å². The van der Waals surface area contributed by atoms with Crippen LogP contribution in [0.15, 0.2) is 59.7 Å². The molecule has 1 heterocycles. The van der Waals surface area contributed by atoms with Gasteiger partial charge >= 0.3 is 0 Å². The first-order valence-corrected chi connectivity index (χ1v) is 10.9. The molecular formula is C27H25N5O3. The molecule has 1 saturated heterocycles. The summed E-state index contributed by atoms with van der Waals surface area (Å²) in [5, 5.41) is 20.6. The Bertz CT molecular complexity index is 1180. The molecule has 0 unspecified atom stereocenters. The highest BCUT2D eigenvalue weighted by Crippen LogP contribution is 2.22. The van der Waals surface area contributed by atoms with Gasteiger partial charge in [0, 0.05) is 24.2 Å². The number of hydrogen-bond acceptors (Lipinski definition) is 6. The number of rotatable bonds is 6. The lowest BCUT2D eigenvalue weighted by Gasteiger charge is -2.30. The highest BCUT2D eigenvalue weighted by Gasteiger charge is 2.29.